The Kier molecular flexibility index (Phi) is 6.19. The molecular weight excluding hydrogens is 445 g/mol. The number of sulfone groups is 1. The Balaban J connectivity index is 1.65. The smallest absolute Gasteiger partial charge is 0.254 e. The number of nitrogens with zero attached hydrogens (tertiary/aromatic N) is 4. The number of carbonyl (C=O) groups is 1. The van der Waals surface area contributed by atoms with Gasteiger partial charge in [0.15, 0.2) is 14.9 Å². The molecule has 3 heterocycles. The zero-order valence-corrected chi connectivity index (χ0v) is 18.9. The van der Waals surface area contributed by atoms with Gasteiger partial charge in [0.1, 0.15) is 5.82 Å². The summed E-state index contributed by atoms with van der Waals surface area (Å²) >= 11 is 0. The number of aromatic nitrogens is 4. The minimum atomic E-state index is -3.47. The highest BCUT2D eigenvalue weighted by molar-refractivity contribution is 7.91. The normalized spacial score (nSPS) is 12.6. The number of benzene rings is 1. The second-order valence-corrected chi connectivity index (χ2v) is 9.62. The summed E-state index contributed by atoms with van der Waals surface area (Å²) in [5.74, 6) is -0.800. The molecule has 8 nitrogen and oxygen atoms in total. The van der Waals surface area contributed by atoms with E-state index in [1.165, 1.54) is 24.4 Å². The molecule has 4 aromatic rings. The first-order chi connectivity index (χ1) is 15.8. The van der Waals surface area contributed by atoms with Gasteiger partial charge in [0.2, 0.25) is 0 Å². The maximum atomic E-state index is 13.3. The molecule has 0 unspecified atom stereocenters. The lowest BCUT2D eigenvalue weighted by Gasteiger charge is -2.17. The molecule has 0 saturated heterocycles. The van der Waals surface area contributed by atoms with Gasteiger partial charge in [-0.05, 0) is 42.8 Å². The third-order valence-electron chi connectivity index (χ3n) is 5.33. The summed E-state index contributed by atoms with van der Waals surface area (Å²) in [6.45, 7) is 3.43. The lowest BCUT2D eigenvalue weighted by molar-refractivity contribution is 0.0936. The van der Waals surface area contributed by atoms with Crippen LogP contribution in [0.4, 0.5) is 4.39 Å². The monoisotopic (exact) mass is 467 g/mol. The van der Waals surface area contributed by atoms with E-state index in [-0.39, 0.29) is 22.5 Å². The van der Waals surface area contributed by atoms with Crippen LogP contribution in [-0.4, -0.2) is 39.8 Å². The molecule has 0 bridgehead atoms. The highest BCUT2D eigenvalue weighted by Crippen LogP contribution is 2.23. The van der Waals surface area contributed by atoms with E-state index >= 15 is 0 Å². The van der Waals surface area contributed by atoms with Gasteiger partial charge in [-0.2, -0.15) is 5.10 Å². The predicted molar refractivity (Wildman–Crippen MR) is 121 cm³/mol. The molecule has 0 aliphatic rings. The predicted octanol–water partition coefficient (Wildman–Crippen LogP) is 3.63. The fourth-order valence-electron chi connectivity index (χ4n) is 3.48. The van der Waals surface area contributed by atoms with Crippen LogP contribution in [0.2, 0.25) is 0 Å². The first-order valence-corrected chi connectivity index (χ1v) is 12.1. The van der Waals surface area contributed by atoms with Crippen LogP contribution in [0.1, 0.15) is 42.4 Å². The number of hydrogen-bond donors (Lipinski definition) is 1. The fourth-order valence-corrected chi connectivity index (χ4v) is 4.30. The molecule has 0 radical (unpaired) electrons. The quantitative estimate of drug-likeness (QED) is 0.445. The maximum absolute atomic E-state index is 13.3. The minimum absolute atomic E-state index is 0.0143. The van der Waals surface area contributed by atoms with E-state index < -0.39 is 15.9 Å². The van der Waals surface area contributed by atoms with E-state index in [1.54, 1.807) is 48.3 Å². The highest BCUT2D eigenvalue weighted by Gasteiger charge is 2.21. The second kappa shape index (κ2) is 9.07. The van der Waals surface area contributed by atoms with Crippen LogP contribution in [0.5, 0.6) is 0 Å². The summed E-state index contributed by atoms with van der Waals surface area (Å²) in [6.07, 6.45) is 5.10. The van der Waals surface area contributed by atoms with Crippen LogP contribution in [0.3, 0.4) is 0 Å². The molecule has 0 aliphatic carbocycles. The number of carbonyl (C=O) groups excluding carboxylic acids is 1. The number of nitrogens with one attached hydrogen (secondary N) is 1. The SMILES string of the molecule is CC[C@H](NC(=O)c1cncc2c1cnn2-c1ccc(F)cc1)c1cccc(S(=O)(=O)CC)n1. The molecule has 3 aromatic heterocycles. The minimum Gasteiger partial charge on any atom is -0.344 e. The maximum Gasteiger partial charge on any atom is 0.254 e. The molecule has 4 rings (SSSR count). The summed E-state index contributed by atoms with van der Waals surface area (Å²) in [5, 5.41) is 7.83. The first kappa shape index (κ1) is 22.5. The lowest BCUT2D eigenvalue weighted by Crippen LogP contribution is -2.29. The first-order valence-electron chi connectivity index (χ1n) is 10.4. The van der Waals surface area contributed by atoms with Crippen molar-refractivity contribution in [3.63, 3.8) is 0 Å². The lowest BCUT2D eigenvalue weighted by atomic mass is 10.1. The van der Waals surface area contributed by atoms with Gasteiger partial charge in [-0.3, -0.25) is 9.78 Å². The van der Waals surface area contributed by atoms with Gasteiger partial charge in [-0.15, -0.1) is 0 Å². The molecule has 0 saturated carbocycles. The largest absolute Gasteiger partial charge is 0.344 e. The molecule has 0 fully saturated rings. The molecule has 0 aliphatic heterocycles. The molecule has 1 amide bonds. The Morgan fingerprint density at radius 1 is 1.09 bits per heavy atom. The van der Waals surface area contributed by atoms with Crippen LogP contribution in [0.15, 0.2) is 66.1 Å². The van der Waals surface area contributed by atoms with Crippen molar-refractivity contribution in [1.29, 1.82) is 0 Å². The topological polar surface area (TPSA) is 107 Å². The van der Waals surface area contributed by atoms with Gasteiger partial charge in [0.05, 0.1) is 46.6 Å². The van der Waals surface area contributed by atoms with Crippen LogP contribution in [0, 0.1) is 5.82 Å². The van der Waals surface area contributed by atoms with E-state index in [9.17, 15) is 17.6 Å². The zero-order chi connectivity index (χ0) is 23.6. The molecule has 0 spiro atoms. The van der Waals surface area contributed by atoms with Gasteiger partial charge >= 0.3 is 0 Å². The van der Waals surface area contributed by atoms with Crippen LogP contribution >= 0.6 is 0 Å². The Labute approximate surface area is 190 Å². The standard InChI is InChI=1S/C23H22FN5O3S/c1-3-19(20-6-5-7-22(27-20)33(31,32)4-2)28-23(30)18-12-25-14-21-17(18)13-26-29(21)16-10-8-15(24)9-11-16/h5-14,19H,3-4H2,1-2H3,(H,28,30)/t19-/m0/s1. The van der Waals surface area contributed by atoms with E-state index in [4.69, 9.17) is 0 Å². The van der Waals surface area contributed by atoms with Gasteiger partial charge in [-0.1, -0.05) is 19.9 Å². The van der Waals surface area contributed by atoms with E-state index in [0.717, 1.165) is 0 Å². The molecule has 10 heteroatoms. The molecule has 1 atom stereocenters. The average molecular weight is 468 g/mol. The Morgan fingerprint density at radius 2 is 1.85 bits per heavy atom. The summed E-state index contributed by atoms with van der Waals surface area (Å²) in [7, 11) is -3.47. The number of pyridine rings is 2. The van der Waals surface area contributed by atoms with Crippen molar-refractivity contribution in [2.45, 2.75) is 31.3 Å². The van der Waals surface area contributed by atoms with Crippen LogP contribution in [0.25, 0.3) is 16.6 Å². The van der Waals surface area contributed by atoms with Gasteiger partial charge < -0.3 is 5.32 Å². The van der Waals surface area contributed by atoms with Crippen LogP contribution < -0.4 is 5.32 Å². The van der Waals surface area contributed by atoms with Crippen molar-refractivity contribution < 1.29 is 17.6 Å². The zero-order valence-electron chi connectivity index (χ0n) is 18.1. The van der Waals surface area contributed by atoms with E-state index in [1.807, 2.05) is 6.92 Å². The highest BCUT2D eigenvalue weighted by atomic mass is 32.2. The second-order valence-electron chi connectivity index (χ2n) is 7.39. The third kappa shape index (κ3) is 4.47. The van der Waals surface area contributed by atoms with Gasteiger partial charge in [0, 0.05) is 11.6 Å². The number of fused-ring (bicyclic) bond motifs is 1. The van der Waals surface area contributed by atoms with Crippen molar-refractivity contribution >= 4 is 26.6 Å². The molecular formula is C23H22FN5O3S. The Hall–Kier alpha value is -3.66. The van der Waals surface area contributed by atoms with Crippen molar-refractivity contribution in [2.75, 3.05) is 5.75 Å². The number of rotatable bonds is 7. The van der Waals surface area contributed by atoms with Crippen LogP contribution in [-0.2, 0) is 9.84 Å². The number of hydrogen-bond acceptors (Lipinski definition) is 6. The summed E-state index contributed by atoms with van der Waals surface area (Å²) in [6, 6.07) is 10.1. The Morgan fingerprint density at radius 3 is 2.55 bits per heavy atom. The van der Waals surface area contributed by atoms with E-state index in [0.29, 0.717) is 34.3 Å². The van der Waals surface area contributed by atoms with Crippen molar-refractivity contribution in [3.8, 4) is 5.69 Å². The van der Waals surface area contributed by atoms with Crippen molar-refractivity contribution in [3.05, 3.63) is 78.1 Å². The molecule has 1 N–H and O–H groups in total. The Bertz CT molecular complexity index is 1420. The van der Waals surface area contributed by atoms with Gasteiger partial charge in [-0.25, -0.2) is 22.5 Å². The summed E-state index contributed by atoms with van der Waals surface area (Å²) < 4.78 is 39.3. The van der Waals surface area contributed by atoms with Gasteiger partial charge in [0.25, 0.3) is 5.91 Å². The molecule has 33 heavy (non-hydrogen) atoms. The average Bonchev–Trinajstić information content (AvgIpc) is 3.27. The molecule has 1 aromatic carbocycles. The fraction of sp³-hybridized carbons (Fsp3) is 0.217. The van der Waals surface area contributed by atoms with Crippen molar-refractivity contribution in [1.82, 2.24) is 25.1 Å². The van der Waals surface area contributed by atoms with Crippen molar-refractivity contribution in [2.24, 2.45) is 0 Å². The number of amides is 1. The molecule has 170 valence electrons. The summed E-state index contributed by atoms with van der Waals surface area (Å²) in [4.78, 5) is 21.6. The summed E-state index contributed by atoms with van der Waals surface area (Å²) in [5.41, 5.74) is 2.01. The third-order valence-corrected chi connectivity index (χ3v) is 6.95. The van der Waals surface area contributed by atoms with E-state index in [2.05, 4.69) is 20.4 Å². The number of halogens is 1.